The van der Waals surface area contributed by atoms with E-state index in [1.165, 1.54) is 0 Å². The fraction of sp³-hybridized carbons (Fsp3) is 0.500. The third-order valence-electron chi connectivity index (χ3n) is 7.07. The number of amides is 1. The van der Waals surface area contributed by atoms with E-state index in [9.17, 15) is 19.8 Å². The van der Waals surface area contributed by atoms with E-state index in [4.69, 9.17) is 14.6 Å². The maximum Gasteiger partial charge on any atom is 0.303 e. The molecule has 0 unspecified atom stereocenters. The molecule has 37 heavy (non-hydrogen) atoms. The van der Waals surface area contributed by atoms with E-state index in [0.29, 0.717) is 13.0 Å². The topological polar surface area (TPSA) is 129 Å². The second-order valence-corrected chi connectivity index (χ2v) is 9.74. The van der Waals surface area contributed by atoms with E-state index < -0.39 is 12.3 Å². The van der Waals surface area contributed by atoms with Crippen molar-refractivity contribution < 1.29 is 34.4 Å². The van der Waals surface area contributed by atoms with E-state index in [1.54, 1.807) is 0 Å². The molecule has 0 bridgehead atoms. The zero-order chi connectivity index (χ0) is 26.2. The van der Waals surface area contributed by atoms with E-state index in [-0.39, 0.29) is 50.2 Å². The van der Waals surface area contributed by atoms with Crippen molar-refractivity contribution in [3.63, 3.8) is 0 Å². The Kier molecular flexibility index (Phi) is 9.65. The molecule has 0 saturated carbocycles. The quantitative estimate of drug-likeness (QED) is 0.362. The lowest BCUT2D eigenvalue weighted by Gasteiger charge is -2.38. The highest BCUT2D eigenvalue weighted by molar-refractivity contribution is 5.80. The van der Waals surface area contributed by atoms with Gasteiger partial charge in [-0.15, -0.1) is 0 Å². The minimum Gasteiger partial charge on any atom is -0.481 e. The molecular formula is C28H36N2O7. The van der Waals surface area contributed by atoms with Gasteiger partial charge in [-0.3, -0.25) is 14.5 Å². The van der Waals surface area contributed by atoms with Crippen LogP contribution in [0, 0.1) is 0 Å². The molecule has 0 aromatic heterocycles. The molecule has 0 aliphatic carbocycles. The van der Waals surface area contributed by atoms with E-state index in [0.717, 1.165) is 48.2 Å². The predicted molar refractivity (Wildman–Crippen MR) is 135 cm³/mol. The molecule has 2 heterocycles. The van der Waals surface area contributed by atoms with Crippen LogP contribution < -0.4 is 5.32 Å². The van der Waals surface area contributed by atoms with Crippen LogP contribution >= 0.6 is 0 Å². The second kappa shape index (κ2) is 13.1. The van der Waals surface area contributed by atoms with Crippen molar-refractivity contribution in [2.24, 2.45) is 0 Å². The Labute approximate surface area is 217 Å². The lowest BCUT2D eigenvalue weighted by atomic mass is 9.99. The van der Waals surface area contributed by atoms with E-state index in [2.05, 4.69) is 10.2 Å². The molecule has 4 rings (SSSR count). The number of aliphatic hydroxyl groups is 2. The number of carbonyl (C=O) groups is 2. The number of aliphatic carboxylic acids is 1. The monoisotopic (exact) mass is 512 g/mol. The number of rotatable bonds is 11. The first kappa shape index (κ1) is 27.2. The van der Waals surface area contributed by atoms with Crippen molar-refractivity contribution in [2.75, 3.05) is 19.7 Å². The zero-order valence-electron chi connectivity index (χ0n) is 20.9. The molecule has 2 aliphatic rings. The Morgan fingerprint density at radius 1 is 0.946 bits per heavy atom. The van der Waals surface area contributed by atoms with Crippen LogP contribution in [0.15, 0.2) is 48.5 Å². The smallest absolute Gasteiger partial charge is 0.303 e. The number of carboxylic acid groups (broad SMARTS) is 1. The minimum atomic E-state index is -0.996. The van der Waals surface area contributed by atoms with Gasteiger partial charge in [0.05, 0.1) is 31.8 Å². The van der Waals surface area contributed by atoms with Crippen LogP contribution in [-0.4, -0.2) is 63.9 Å². The molecule has 200 valence electrons. The van der Waals surface area contributed by atoms with Crippen LogP contribution in [0.25, 0.3) is 0 Å². The number of likely N-dealkylation sites (tertiary alicyclic amines) is 1. The van der Waals surface area contributed by atoms with Gasteiger partial charge in [0.2, 0.25) is 5.91 Å². The Bertz CT molecular complexity index is 1030. The number of hydrogen-bond donors (Lipinski definition) is 4. The number of nitrogens with one attached hydrogen (secondary N) is 1. The lowest BCUT2D eigenvalue weighted by Crippen LogP contribution is -2.42. The maximum atomic E-state index is 11.8. The molecule has 4 atom stereocenters. The average Bonchev–Trinajstić information content (AvgIpc) is 3.37. The third-order valence-corrected chi connectivity index (χ3v) is 7.07. The van der Waals surface area contributed by atoms with Crippen molar-refractivity contribution in [3.8, 4) is 0 Å². The van der Waals surface area contributed by atoms with Crippen LogP contribution in [0.4, 0.5) is 0 Å². The maximum absolute atomic E-state index is 11.8. The van der Waals surface area contributed by atoms with Crippen molar-refractivity contribution in [1.82, 2.24) is 10.2 Å². The molecule has 2 aromatic rings. The summed E-state index contributed by atoms with van der Waals surface area (Å²) in [6.45, 7) is 2.11. The molecule has 2 saturated heterocycles. The van der Waals surface area contributed by atoms with Gasteiger partial charge in [-0.25, -0.2) is 0 Å². The lowest BCUT2D eigenvalue weighted by molar-refractivity contribution is -0.253. The minimum absolute atomic E-state index is 0.00989. The largest absolute Gasteiger partial charge is 0.481 e. The van der Waals surface area contributed by atoms with Gasteiger partial charge >= 0.3 is 5.97 Å². The van der Waals surface area contributed by atoms with Crippen LogP contribution in [0.3, 0.4) is 0 Å². The highest BCUT2D eigenvalue weighted by Gasteiger charge is 2.35. The van der Waals surface area contributed by atoms with Crippen LogP contribution in [0.5, 0.6) is 0 Å². The van der Waals surface area contributed by atoms with Gasteiger partial charge in [0.15, 0.2) is 6.29 Å². The molecule has 9 heteroatoms. The highest BCUT2D eigenvalue weighted by Crippen LogP contribution is 2.38. The number of carboxylic acids is 1. The normalized spacial score (nSPS) is 24.2. The van der Waals surface area contributed by atoms with Gasteiger partial charge in [-0.2, -0.15) is 0 Å². The van der Waals surface area contributed by atoms with E-state index >= 15 is 0 Å². The van der Waals surface area contributed by atoms with E-state index in [1.807, 2.05) is 48.5 Å². The number of benzene rings is 2. The van der Waals surface area contributed by atoms with Gasteiger partial charge in [0.1, 0.15) is 0 Å². The number of aliphatic hydroxyl groups excluding tert-OH is 2. The van der Waals surface area contributed by atoms with Crippen molar-refractivity contribution in [3.05, 3.63) is 70.8 Å². The average molecular weight is 513 g/mol. The Morgan fingerprint density at radius 2 is 1.65 bits per heavy atom. The van der Waals surface area contributed by atoms with Crippen LogP contribution in [-0.2, 0) is 32.2 Å². The van der Waals surface area contributed by atoms with Crippen molar-refractivity contribution in [1.29, 1.82) is 0 Å². The zero-order valence-corrected chi connectivity index (χ0v) is 20.9. The standard InChI is InChI=1S/C28H36N2O7/c31-17-20-5-7-21(8-6-20)25-14-24(16-30-13-1-2-23(30)18-32)36-28(37-25)22-9-3-19(4-10-22)15-29-26(33)11-12-27(34)35/h3-10,23-25,28,31-32H,1-2,11-18H2,(H,29,33)(H,34,35)/t23-,24+,25-,28-/m0/s1. The summed E-state index contributed by atoms with van der Waals surface area (Å²) in [5.41, 5.74) is 3.62. The summed E-state index contributed by atoms with van der Waals surface area (Å²) in [5, 5.41) is 30.6. The second-order valence-electron chi connectivity index (χ2n) is 9.74. The predicted octanol–water partition coefficient (Wildman–Crippen LogP) is 2.66. The molecule has 0 spiro atoms. The summed E-state index contributed by atoms with van der Waals surface area (Å²) in [7, 11) is 0. The van der Waals surface area contributed by atoms with Gasteiger partial charge < -0.3 is 30.1 Å². The number of hydrogen-bond acceptors (Lipinski definition) is 7. The summed E-state index contributed by atoms with van der Waals surface area (Å²) in [6.07, 6.45) is 1.67. The summed E-state index contributed by atoms with van der Waals surface area (Å²) < 4.78 is 12.8. The Balaban J connectivity index is 1.44. The van der Waals surface area contributed by atoms with Crippen LogP contribution in [0.2, 0.25) is 0 Å². The fourth-order valence-electron chi connectivity index (χ4n) is 4.94. The molecule has 2 aromatic carbocycles. The molecule has 2 fully saturated rings. The molecule has 0 radical (unpaired) electrons. The Hall–Kier alpha value is -2.82. The summed E-state index contributed by atoms with van der Waals surface area (Å²) in [4.78, 5) is 24.8. The number of nitrogens with zero attached hydrogens (tertiary/aromatic N) is 1. The summed E-state index contributed by atoms with van der Waals surface area (Å²) in [6, 6.07) is 15.6. The molecule has 9 nitrogen and oxygen atoms in total. The third kappa shape index (κ3) is 7.59. The number of carbonyl (C=O) groups excluding carboxylic acids is 1. The molecule has 2 aliphatic heterocycles. The van der Waals surface area contributed by atoms with Crippen molar-refractivity contribution in [2.45, 2.75) is 69.8 Å². The van der Waals surface area contributed by atoms with Gasteiger partial charge in [-0.05, 0) is 36.1 Å². The Morgan fingerprint density at radius 3 is 2.32 bits per heavy atom. The fourth-order valence-corrected chi connectivity index (χ4v) is 4.94. The van der Waals surface area contributed by atoms with Gasteiger partial charge in [0, 0.05) is 37.5 Å². The first-order valence-corrected chi connectivity index (χ1v) is 12.9. The van der Waals surface area contributed by atoms with Gasteiger partial charge in [-0.1, -0.05) is 48.5 Å². The molecular weight excluding hydrogens is 476 g/mol. The molecule has 1 amide bonds. The van der Waals surface area contributed by atoms with Gasteiger partial charge in [0.25, 0.3) is 0 Å². The SMILES string of the molecule is O=C(O)CCC(=O)NCc1ccc([C@H]2O[C@@H](CN3CCC[C@H]3CO)C[C@@H](c3ccc(CO)cc3)O2)cc1. The first-order chi connectivity index (χ1) is 17.9. The highest BCUT2D eigenvalue weighted by atomic mass is 16.7. The number of ether oxygens (including phenoxy) is 2. The van der Waals surface area contributed by atoms with Crippen molar-refractivity contribution >= 4 is 11.9 Å². The summed E-state index contributed by atoms with van der Waals surface area (Å²) in [5.74, 6) is -1.30. The first-order valence-electron chi connectivity index (χ1n) is 12.9. The summed E-state index contributed by atoms with van der Waals surface area (Å²) >= 11 is 0. The molecule has 4 N–H and O–H groups in total. The van der Waals surface area contributed by atoms with Crippen LogP contribution in [0.1, 0.15) is 66.8 Å².